The first-order valence-electron chi connectivity index (χ1n) is 7.99. The lowest BCUT2D eigenvalue weighted by molar-refractivity contribution is 0.0572. The number of benzene rings is 1. The summed E-state index contributed by atoms with van der Waals surface area (Å²) in [5.74, 6) is 0.808. The molecular formula is C17H26ClN3O. The van der Waals surface area contributed by atoms with Gasteiger partial charge in [-0.25, -0.2) is 0 Å². The molecule has 1 aromatic carbocycles. The molecule has 0 radical (unpaired) electrons. The molecule has 2 N–H and O–H groups in total. The Kier molecular flexibility index (Phi) is 6.09. The van der Waals surface area contributed by atoms with Crippen LogP contribution in [0.25, 0.3) is 0 Å². The van der Waals surface area contributed by atoms with Crippen molar-refractivity contribution in [1.82, 2.24) is 10.2 Å². The lowest BCUT2D eigenvalue weighted by Gasteiger charge is -2.25. The second-order valence-corrected chi connectivity index (χ2v) is 6.46. The number of hydrogen-bond donors (Lipinski definition) is 2. The Hall–Kier alpha value is -1.26. The zero-order chi connectivity index (χ0) is 16.0. The fourth-order valence-corrected chi connectivity index (χ4v) is 3.04. The van der Waals surface area contributed by atoms with E-state index in [9.17, 15) is 5.11 Å². The van der Waals surface area contributed by atoms with Crippen LogP contribution in [0.15, 0.2) is 29.3 Å². The molecule has 22 heavy (non-hydrogen) atoms. The Bertz CT molecular complexity index is 512. The Balaban J connectivity index is 2.04. The third kappa shape index (κ3) is 4.62. The fourth-order valence-electron chi connectivity index (χ4n) is 2.84. The Morgan fingerprint density at radius 1 is 1.36 bits per heavy atom. The van der Waals surface area contributed by atoms with E-state index in [-0.39, 0.29) is 0 Å². The number of aliphatic imine (C=N–C) groups is 1. The van der Waals surface area contributed by atoms with Crippen LogP contribution in [0.5, 0.6) is 0 Å². The first kappa shape index (κ1) is 17.1. The number of halogens is 1. The molecule has 122 valence electrons. The quantitative estimate of drug-likeness (QED) is 0.647. The largest absolute Gasteiger partial charge is 0.388 e. The first-order chi connectivity index (χ1) is 10.5. The summed E-state index contributed by atoms with van der Waals surface area (Å²) in [6.07, 6.45) is 3.89. The molecular weight excluding hydrogens is 298 g/mol. The van der Waals surface area contributed by atoms with Gasteiger partial charge in [0.25, 0.3) is 0 Å². The number of rotatable bonds is 5. The van der Waals surface area contributed by atoms with E-state index < -0.39 is 5.60 Å². The maximum absolute atomic E-state index is 10.4. The summed E-state index contributed by atoms with van der Waals surface area (Å²) in [5.41, 5.74) is 0.447. The van der Waals surface area contributed by atoms with Gasteiger partial charge in [0.15, 0.2) is 5.96 Å². The van der Waals surface area contributed by atoms with Gasteiger partial charge in [0.05, 0.1) is 12.1 Å². The number of hydrogen-bond acceptors (Lipinski definition) is 2. The molecule has 0 unspecified atom stereocenters. The Morgan fingerprint density at radius 3 is 2.68 bits per heavy atom. The van der Waals surface area contributed by atoms with Crippen molar-refractivity contribution in [1.29, 1.82) is 0 Å². The fraction of sp³-hybridized carbons (Fsp3) is 0.588. The zero-order valence-electron chi connectivity index (χ0n) is 13.5. The molecule has 1 aromatic rings. The third-order valence-electron chi connectivity index (χ3n) is 4.12. The minimum Gasteiger partial charge on any atom is -0.388 e. The summed E-state index contributed by atoms with van der Waals surface area (Å²) < 4.78 is 0. The van der Waals surface area contributed by atoms with Crippen LogP contribution in [-0.2, 0) is 6.54 Å². The highest BCUT2D eigenvalue weighted by Crippen LogP contribution is 2.29. The highest BCUT2D eigenvalue weighted by Gasteiger charge is 2.30. The van der Waals surface area contributed by atoms with Crippen LogP contribution in [0.4, 0.5) is 0 Å². The second-order valence-electron chi connectivity index (χ2n) is 6.05. The van der Waals surface area contributed by atoms with Gasteiger partial charge in [0.2, 0.25) is 0 Å². The van der Waals surface area contributed by atoms with Crippen LogP contribution in [0, 0.1) is 0 Å². The summed E-state index contributed by atoms with van der Waals surface area (Å²) in [4.78, 5) is 6.68. The first-order valence-corrected chi connectivity index (χ1v) is 8.37. The van der Waals surface area contributed by atoms with Crippen molar-refractivity contribution in [3.05, 3.63) is 34.9 Å². The number of nitrogens with zero attached hydrogens (tertiary/aromatic N) is 2. The van der Waals surface area contributed by atoms with Crippen LogP contribution in [0.2, 0.25) is 5.02 Å². The van der Waals surface area contributed by atoms with Crippen molar-refractivity contribution in [3.63, 3.8) is 0 Å². The lowest BCUT2D eigenvalue weighted by Crippen LogP contribution is -2.40. The van der Waals surface area contributed by atoms with E-state index in [4.69, 9.17) is 11.6 Å². The SMILES string of the molecule is CCNC(=NCC1(O)CCCC1)N(C)Cc1ccccc1Cl. The van der Waals surface area contributed by atoms with Crippen LogP contribution in [0.3, 0.4) is 0 Å². The van der Waals surface area contributed by atoms with Crippen molar-refractivity contribution in [2.75, 3.05) is 20.1 Å². The Labute approximate surface area is 138 Å². The molecule has 1 aliphatic rings. The second kappa shape index (κ2) is 7.84. The molecule has 1 saturated carbocycles. The summed E-state index contributed by atoms with van der Waals surface area (Å²) >= 11 is 6.23. The average Bonchev–Trinajstić information content (AvgIpc) is 2.93. The van der Waals surface area contributed by atoms with E-state index in [0.29, 0.717) is 13.1 Å². The van der Waals surface area contributed by atoms with Gasteiger partial charge in [-0.15, -0.1) is 0 Å². The van der Waals surface area contributed by atoms with Crippen LogP contribution >= 0.6 is 11.6 Å². The molecule has 2 rings (SSSR count). The molecule has 0 saturated heterocycles. The zero-order valence-corrected chi connectivity index (χ0v) is 14.2. The minimum atomic E-state index is -0.619. The monoisotopic (exact) mass is 323 g/mol. The van der Waals surface area contributed by atoms with Crippen molar-refractivity contribution < 1.29 is 5.11 Å². The van der Waals surface area contributed by atoms with E-state index >= 15 is 0 Å². The average molecular weight is 324 g/mol. The Morgan fingerprint density at radius 2 is 2.05 bits per heavy atom. The van der Waals surface area contributed by atoms with Gasteiger partial charge in [0, 0.05) is 25.2 Å². The van der Waals surface area contributed by atoms with Crippen LogP contribution in [-0.4, -0.2) is 41.7 Å². The topological polar surface area (TPSA) is 47.9 Å². The number of guanidine groups is 1. The van der Waals surface area contributed by atoms with Gasteiger partial charge in [-0.1, -0.05) is 42.6 Å². The summed E-state index contributed by atoms with van der Waals surface area (Å²) in [6, 6.07) is 7.84. The summed E-state index contributed by atoms with van der Waals surface area (Å²) in [5, 5.41) is 14.5. The number of aliphatic hydroxyl groups is 1. The van der Waals surface area contributed by atoms with Crippen LogP contribution in [0.1, 0.15) is 38.2 Å². The van der Waals surface area contributed by atoms with Crippen molar-refractivity contribution in [3.8, 4) is 0 Å². The van der Waals surface area contributed by atoms with Gasteiger partial charge in [0.1, 0.15) is 0 Å². The molecule has 4 nitrogen and oxygen atoms in total. The van der Waals surface area contributed by atoms with Gasteiger partial charge in [-0.05, 0) is 31.4 Å². The normalized spacial score (nSPS) is 17.5. The molecule has 1 fully saturated rings. The maximum Gasteiger partial charge on any atom is 0.194 e. The van der Waals surface area contributed by atoms with Gasteiger partial charge >= 0.3 is 0 Å². The summed E-state index contributed by atoms with van der Waals surface area (Å²) in [6.45, 7) is 3.99. The van der Waals surface area contributed by atoms with E-state index in [1.54, 1.807) is 0 Å². The maximum atomic E-state index is 10.4. The van der Waals surface area contributed by atoms with Gasteiger partial charge in [-0.3, -0.25) is 4.99 Å². The predicted molar refractivity (Wildman–Crippen MR) is 92.3 cm³/mol. The predicted octanol–water partition coefficient (Wildman–Crippen LogP) is 3.04. The third-order valence-corrected chi connectivity index (χ3v) is 4.49. The van der Waals surface area contributed by atoms with E-state index in [2.05, 4.69) is 10.3 Å². The van der Waals surface area contributed by atoms with E-state index in [1.807, 2.05) is 43.1 Å². The highest BCUT2D eigenvalue weighted by molar-refractivity contribution is 6.31. The van der Waals surface area contributed by atoms with Gasteiger partial charge in [-0.2, -0.15) is 0 Å². The van der Waals surface area contributed by atoms with E-state index in [1.165, 1.54) is 0 Å². The molecule has 0 bridgehead atoms. The molecule has 1 aliphatic carbocycles. The van der Waals surface area contributed by atoms with Gasteiger partial charge < -0.3 is 15.3 Å². The standard InChI is InChI=1S/C17H26ClN3O/c1-3-19-16(20-13-17(22)10-6-7-11-17)21(2)12-14-8-4-5-9-15(14)18/h4-5,8-9,22H,3,6-7,10-13H2,1-2H3,(H,19,20). The molecule has 0 amide bonds. The minimum absolute atomic E-state index is 0.461. The molecule has 0 atom stereocenters. The molecule has 0 aromatic heterocycles. The summed E-state index contributed by atoms with van der Waals surface area (Å²) in [7, 11) is 1.99. The molecule has 5 heteroatoms. The van der Waals surface area contributed by atoms with E-state index in [0.717, 1.165) is 48.8 Å². The molecule has 0 aliphatic heterocycles. The smallest absolute Gasteiger partial charge is 0.194 e. The lowest BCUT2D eigenvalue weighted by atomic mass is 10.0. The number of nitrogens with one attached hydrogen (secondary N) is 1. The molecule has 0 heterocycles. The van der Waals surface area contributed by atoms with Crippen molar-refractivity contribution >= 4 is 17.6 Å². The highest BCUT2D eigenvalue weighted by atomic mass is 35.5. The van der Waals surface area contributed by atoms with Crippen LogP contribution < -0.4 is 5.32 Å². The van der Waals surface area contributed by atoms with Crippen molar-refractivity contribution in [2.45, 2.75) is 44.8 Å². The molecule has 0 spiro atoms. The van der Waals surface area contributed by atoms with Crippen molar-refractivity contribution in [2.24, 2.45) is 4.99 Å².